The summed E-state index contributed by atoms with van der Waals surface area (Å²) in [4.78, 5) is 0. The number of alkyl halides is 3. The van der Waals surface area contributed by atoms with E-state index in [0.29, 0.717) is 11.3 Å². The van der Waals surface area contributed by atoms with Gasteiger partial charge in [0.1, 0.15) is 17.3 Å². The molecule has 0 fully saturated rings. The lowest BCUT2D eigenvalue weighted by molar-refractivity contribution is -0.274. The second-order valence-electron chi connectivity index (χ2n) is 4.50. The van der Waals surface area contributed by atoms with Crippen molar-refractivity contribution in [2.24, 2.45) is 0 Å². The summed E-state index contributed by atoms with van der Waals surface area (Å²) in [6.45, 7) is 1.97. The van der Waals surface area contributed by atoms with Crippen LogP contribution in [-0.4, -0.2) is 13.4 Å². The topological polar surface area (TPSA) is 34.4 Å². The van der Waals surface area contributed by atoms with Gasteiger partial charge in [0, 0.05) is 6.42 Å². The van der Waals surface area contributed by atoms with Crippen molar-refractivity contribution in [2.75, 3.05) is 7.05 Å². The van der Waals surface area contributed by atoms with Gasteiger partial charge in [0.25, 0.3) is 0 Å². The van der Waals surface area contributed by atoms with Gasteiger partial charge in [0.05, 0.1) is 6.04 Å². The molecule has 0 saturated carbocycles. The van der Waals surface area contributed by atoms with Crippen LogP contribution in [0.5, 0.6) is 5.75 Å². The molecule has 1 heterocycles. The van der Waals surface area contributed by atoms with E-state index in [4.69, 9.17) is 4.42 Å². The minimum Gasteiger partial charge on any atom is -0.464 e. The fourth-order valence-electron chi connectivity index (χ4n) is 2.10. The molecule has 2 rings (SSSR count). The van der Waals surface area contributed by atoms with E-state index in [9.17, 15) is 13.2 Å². The molecule has 21 heavy (non-hydrogen) atoms. The average molecular weight is 299 g/mol. The summed E-state index contributed by atoms with van der Waals surface area (Å²) >= 11 is 0. The summed E-state index contributed by atoms with van der Waals surface area (Å²) in [5, 5.41) is 3.03. The van der Waals surface area contributed by atoms with Gasteiger partial charge in [-0.15, -0.1) is 13.2 Å². The van der Waals surface area contributed by atoms with E-state index in [0.717, 1.165) is 12.2 Å². The highest BCUT2D eigenvalue weighted by Crippen LogP contribution is 2.29. The highest BCUT2D eigenvalue weighted by molar-refractivity contribution is 5.34. The van der Waals surface area contributed by atoms with Gasteiger partial charge in [-0.2, -0.15) is 0 Å². The van der Waals surface area contributed by atoms with E-state index in [2.05, 4.69) is 10.1 Å². The highest BCUT2D eigenvalue weighted by Gasteiger charge is 2.31. The number of rotatable bonds is 5. The van der Waals surface area contributed by atoms with Crippen LogP contribution in [0.25, 0.3) is 0 Å². The van der Waals surface area contributed by atoms with E-state index in [-0.39, 0.29) is 11.8 Å². The van der Waals surface area contributed by atoms with Gasteiger partial charge >= 0.3 is 6.36 Å². The van der Waals surface area contributed by atoms with Crippen molar-refractivity contribution >= 4 is 0 Å². The fourth-order valence-corrected chi connectivity index (χ4v) is 2.10. The van der Waals surface area contributed by atoms with E-state index < -0.39 is 6.36 Å². The number of furan rings is 1. The number of benzene rings is 1. The zero-order valence-electron chi connectivity index (χ0n) is 11.7. The molecule has 1 atom stereocenters. The summed E-state index contributed by atoms with van der Waals surface area (Å²) in [6.07, 6.45) is -3.94. The third kappa shape index (κ3) is 4.01. The largest absolute Gasteiger partial charge is 0.573 e. The first-order chi connectivity index (χ1) is 9.93. The Kier molecular flexibility index (Phi) is 4.57. The summed E-state index contributed by atoms with van der Waals surface area (Å²) in [5.41, 5.74) is 0.635. The lowest BCUT2D eigenvalue weighted by atomic mass is 10.0. The molecule has 3 nitrogen and oxygen atoms in total. The first-order valence-corrected chi connectivity index (χ1v) is 6.54. The number of halogens is 3. The SMILES string of the molecule is CCc1ccc(C(NC)c2cccc(OC(F)(F)F)c2)o1. The Morgan fingerprint density at radius 1 is 1.24 bits per heavy atom. The molecule has 0 amide bonds. The van der Waals surface area contributed by atoms with Crippen LogP contribution >= 0.6 is 0 Å². The Bertz CT molecular complexity index is 593. The number of ether oxygens (including phenoxy) is 1. The second-order valence-corrected chi connectivity index (χ2v) is 4.50. The van der Waals surface area contributed by atoms with Crippen LogP contribution in [0.3, 0.4) is 0 Å². The van der Waals surface area contributed by atoms with Crippen LogP contribution in [0.2, 0.25) is 0 Å². The molecule has 0 aliphatic heterocycles. The summed E-state index contributed by atoms with van der Waals surface area (Å²) in [6, 6.07) is 9.20. The summed E-state index contributed by atoms with van der Waals surface area (Å²) in [7, 11) is 1.72. The van der Waals surface area contributed by atoms with Crippen molar-refractivity contribution in [2.45, 2.75) is 25.7 Å². The third-order valence-corrected chi connectivity index (χ3v) is 3.03. The maximum Gasteiger partial charge on any atom is 0.573 e. The quantitative estimate of drug-likeness (QED) is 0.904. The maximum atomic E-state index is 12.3. The van der Waals surface area contributed by atoms with E-state index in [1.807, 2.05) is 19.1 Å². The van der Waals surface area contributed by atoms with E-state index >= 15 is 0 Å². The fraction of sp³-hybridized carbons (Fsp3) is 0.333. The van der Waals surface area contributed by atoms with Gasteiger partial charge < -0.3 is 14.5 Å². The minimum absolute atomic E-state index is 0.248. The van der Waals surface area contributed by atoms with E-state index in [1.165, 1.54) is 18.2 Å². The van der Waals surface area contributed by atoms with Crippen LogP contribution in [0, 0.1) is 0 Å². The molecule has 114 valence electrons. The number of aryl methyl sites for hydroxylation is 1. The van der Waals surface area contributed by atoms with Gasteiger partial charge in [0.15, 0.2) is 0 Å². The molecule has 0 aliphatic carbocycles. The predicted molar refractivity (Wildman–Crippen MR) is 72.1 cm³/mol. The molecule has 0 radical (unpaired) electrons. The maximum absolute atomic E-state index is 12.3. The van der Waals surface area contributed by atoms with Crippen molar-refractivity contribution in [1.29, 1.82) is 0 Å². The van der Waals surface area contributed by atoms with Crippen molar-refractivity contribution in [3.63, 3.8) is 0 Å². The predicted octanol–water partition coefficient (Wildman–Crippen LogP) is 4.05. The molecule has 1 unspecified atom stereocenters. The molecule has 1 N–H and O–H groups in total. The molecular weight excluding hydrogens is 283 g/mol. The van der Waals surface area contributed by atoms with Gasteiger partial charge in [-0.25, -0.2) is 0 Å². The first-order valence-electron chi connectivity index (χ1n) is 6.54. The van der Waals surface area contributed by atoms with Crippen molar-refractivity contribution in [3.05, 3.63) is 53.5 Å². The van der Waals surface area contributed by atoms with Crippen molar-refractivity contribution < 1.29 is 22.3 Å². The van der Waals surface area contributed by atoms with Crippen LogP contribution < -0.4 is 10.1 Å². The zero-order valence-corrected chi connectivity index (χ0v) is 11.7. The molecule has 2 aromatic rings. The lowest BCUT2D eigenvalue weighted by Crippen LogP contribution is -2.19. The standard InChI is InChI=1S/C15H16F3NO2/c1-3-11-7-8-13(20-11)14(19-2)10-5-4-6-12(9-10)21-15(16,17)18/h4-9,14,19H,3H2,1-2H3. The van der Waals surface area contributed by atoms with Gasteiger partial charge in [-0.1, -0.05) is 19.1 Å². The van der Waals surface area contributed by atoms with Gasteiger partial charge in [0.2, 0.25) is 0 Å². The normalized spacial score (nSPS) is 13.2. The number of hydrogen-bond acceptors (Lipinski definition) is 3. The minimum atomic E-state index is -4.70. The molecule has 1 aromatic heterocycles. The Morgan fingerprint density at radius 2 is 2.00 bits per heavy atom. The Balaban J connectivity index is 2.27. The van der Waals surface area contributed by atoms with Crippen LogP contribution in [0.1, 0.15) is 30.0 Å². The third-order valence-electron chi connectivity index (χ3n) is 3.03. The van der Waals surface area contributed by atoms with Crippen LogP contribution in [-0.2, 0) is 6.42 Å². The monoisotopic (exact) mass is 299 g/mol. The van der Waals surface area contributed by atoms with Gasteiger partial charge in [-0.3, -0.25) is 0 Å². The molecule has 0 aliphatic rings. The zero-order chi connectivity index (χ0) is 15.5. The summed E-state index contributed by atoms with van der Waals surface area (Å²) < 4.78 is 46.4. The number of nitrogens with one attached hydrogen (secondary N) is 1. The van der Waals surface area contributed by atoms with Crippen LogP contribution in [0.4, 0.5) is 13.2 Å². The average Bonchev–Trinajstić information content (AvgIpc) is 2.87. The Hall–Kier alpha value is -1.95. The van der Waals surface area contributed by atoms with Crippen LogP contribution in [0.15, 0.2) is 40.8 Å². The molecule has 0 saturated heterocycles. The molecule has 0 spiro atoms. The van der Waals surface area contributed by atoms with Crippen molar-refractivity contribution in [1.82, 2.24) is 5.32 Å². The summed E-state index contributed by atoms with van der Waals surface area (Å²) in [5.74, 6) is 1.23. The lowest BCUT2D eigenvalue weighted by Gasteiger charge is -2.16. The molecular formula is C15H16F3NO2. The number of hydrogen-bond donors (Lipinski definition) is 1. The molecule has 0 bridgehead atoms. The molecule has 1 aromatic carbocycles. The van der Waals surface area contributed by atoms with E-state index in [1.54, 1.807) is 13.1 Å². The first kappa shape index (κ1) is 15.4. The smallest absolute Gasteiger partial charge is 0.464 e. The Labute approximate surface area is 120 Å². The van der Waals surface area contributed by atoms with Gasteiger partial charge in [-0.05, 0) is 36.9 Å². The molecule has 6 heteroatoms. The second kappa shape index (κ2) is 6.22. The highest BCUT2D eigenvalue weighted by atomic mass is 19.4. The van der Waals surface area contributed by atoms with Crippen molar-refractivity contribution in [3.8, 4) is 5.75 Å². The Morgan fingerprint density at radius 3 is 2.57 bits per heavy atom.